The maximum absolute atomic E-state index is 11.7. The van der Waals surface area contributed by atoms with Crippen molar-refractivity contribution in [1.82, 2.24) is 4.98 Å². The van der Waals surface area contributed by atoms with Crippen LogP contribution in [0.2, 0.25) is 0 Å². The second kappa shape index (κ2) is 5.84. The minimum absolute atomic E-state index is 0.170. The van der Waals surface area contributed by atoms with Crippen LogP contribution in [0, 0.1) is 5.92 Å². The van der Waals surface area contributed by atoms with Crippen LogP contribution >= 0.6 is 0 Å². The molecule has 1 aromatic heterocycles. The molecule has 1 aromatic rings. The first-order chi connectivity index (χ1) is 7.95. The van der Waals surface area contributed by atoms with Gasteiger partial charge in [0.25, 0.3) is 0 Å². The fourth-order valence-electron chi connectivity index (χ4n) is 1.50. The quantitative estimate of drug-likeness (QED) is 0.740. The van der Waals surface area contributed by atoms with Crippen LogP contribution in [0.4, 0.5) is 0 Å². The van der Waals surface area contributed by atoms with Gasteiger partial charge >= 0.3 is 5.97 Å². The van der Waals surface area contributed by atoms with Crippen molar-refractivity contribution in [2.24, 2.45) is 5.92 Å². The molecule has 1 heterocycles. The lowest BCUT2D eigenvalue weighted by molar-refractivity contribution is 0.0485. The number of rotatable bonds is 5. The molecule has 0 amide bonds. The highest BCUT2D eigenvalue weighted by atomic mass is 16.5. The Labute approximate surface area is 102 Å². The number of nitrogens with zero attached hydrogens (tertiary/aromatic N) is 1. The van der Waals surface area contributed by atoms with E-state index in [2.05, 4.69) is 18.8 Å². The van der Waals surface area contributed by atoms with Crippen molar-refractivity contribution in [3.63, 3.8) is 0 Å². The van der Waals surface area contributed by atoms with E-state index in [1.54, 1.807) is 6.92 Å². The lowest BCUT2D eigenvalue weighted by Crippen LogP contribution is -2.08. The minimum Gasteiger partial charge on any atom is -0.460 e. The van der Waals surface area contributed by atoms with Crippen LogP contribution in [-0.2, 0) is 11.2 Å². The number of ether oxygens (including phenoxy) is 1. The Morgan fingerprint density at radius 1 is 1.35 bits per heavy atom. The molecule has 0 bridgehead atoms. The summed E-state index contributed by atoms with van der Waals surface area (Å²) in [4.78, 5) is 16.1. The molecule has 4 nitrogen and oxygen atoms in total. The van der Waals surface area contributed by atoms with E-state index in [0.717, 1.165) is 6.42 Å². The Hall–Kier alpha value is -1.32. The zero-order valence-corrected chi connectivity index (χ0v) is 11.2. The van der Waals surface area contributed by atoms with Crippen molar-refractivity contribution in [2.75, 3.05) is 6.61 Å². The van der Waals surface area contributed by atoms with Gasteiger partial charge in [-0.1, -0.05) is 27.7 Å². The summed E-state index contributed by atoms with van der Waals surface area (Å²) in [6, 6.07) is 0. The topological polar surface area (TPSA) is 52.3 Å². The van der Waals surface area contributed by atoms with Crippen molar-refractivity contribution in [1.29, 1.82) is 0 Å². The van der Waals surface area contributed by atoms with E-state index in [4.69, 9.17) is 9.15 Å². The molecule has 0 aliphatic heterocycles. The van der Waals surface area contributed by atoms with Crippen LogP contribution in [0.5, 0.6) is 0 Å². The molecule has 0 saturated heterocycles. The van der Waals surface area contributed by atoms with E-state index in [-0.39, 0.29) is 11.7 Å². The number of oxazole rings is 1. The maximum atomic E-state index is 11.7. The normalized spacial score (nSPS) is 11.2. The van der Waals surface area contributed by atoms with Gasteiger partial charge in [0.15, 0.2) is 5.89 Å². The first kappa shape index (κ1) is 13.7. The highest BCUT2D eigenvalue weighted by molar-refractivity contribution is 5.87. The van der Waals surface area contributed by atoms with Crippen LogP contribution in [0.1, 0.15) is 62.7 Å². The number of hydrogen-bond acceptors (Lipinski definition) is 4. The Balaban J connectivity index is 3.02. The van der Waals surface area contributed by atoms with Gasteiger partial charge in [0, 0.05) is 5.92 Å². The van der Waals surface area contributed by atoms with E-state index in [1.165, 1.54) is 0 Å². The average molecular weight is 239 g/mol. The van der Waals surface area contributed by atoms with Crippen LogP contribution in [0.25, 0.3) is 0 Å². The smallest absolute Gasteiger partial charge is 0.376 e. The summed E-state index contributed by atoms with van der Waals surface area (Å²) in [5.41, 5.74) is 0.710. The molecule has 0 atom stereocenters. The first-order valence-corrected chi connectivity index (χ1v) is 6.12. The predicted molar refractivity (Wildman–Crippen MR) is 65.1 cm³/mol. The molecule has 0 unspecified atom stereocenters. The summed E-state index contributed by atoms with van der Waals surface area (Å²) in [7, 11) is 0. The van der Waals surface area contributed by atoms with Crippen LogP contribution in [0.3, 0.4) is 0 Å². The summed E-state index contributed by atoms with van der Waals surface area (Å²) in [5, 5.41) is 0. The van der Waals surface area contributed by atoms with E-state index in [1.807, 2.05) is 13.8 Å². The van der Waals surface area contributed by atoms with Gasteiger partial charge in [0.05, 0.1) is 12.3 Å². The summed E-state index contributed by atoms with van der Waals surface area (Å²) in [5.74, 6) is 1.05. The standard InChI is InChI=1S/C13H21NO3/c1-6-16-13(15)11-10(7-8(2)3)14-12(17-11)9(4)5/h8-9H,6-7H2,1-5H3. The van der Waals surface area contributed by atoms with Gasteiger partial charge in [-0.25, -0.2) is 9.78 Å². The molecular weight excluding hydrogens is 218 g/mol. The Morgan fingerprint density at radius 2 is 2.00 bits per heavy atom. The highest BCUT2D eigenvalue weighted by Gasteiger charge is 2.22. The zero-order chi connectivity index (χ0) is 13.0. The highest BCUT2D eigenvalue weighted by Crippen LogP contribution is 2.21. The van der Waals surface area contributed by atoms with E-state index >= 15 is 0 Å². The molecule has 0 aliphatic rings. The molecule has 0 saturated carbocycles. The van der Waals surface area contributed by atoms with Gasteiger partial charge < -0.3 is 9.15 Å². The van der Waals surface area contributed by atoms with Crippen molar-refractivity contribution in [2.45, 2.75) is 47.0 Å². The second-order valence-corrected chi connectivity index (χ2v) is 4.80. The molecule has 0 fully saturated rings. The van der Waals surface area contributed by atoms with Gasteiger partial charge in [-0.3, -0.25) is 0 Å². The first-order valence-electron chi connectivity index (χ1n) is 6.12. The summed E-state index contributed by atoms with van der Waals surface area (Å²) < 4.78 is 10.5. The Bertz CT molecular complexity index is 380. The van der Waals surface area contributed by atoms with Gasteiger partial charge in [0.1, 0.15) is 0 Å². The van der Waals surface area contributed by atoms with Crippen molar-refractivity contribution in [3.05, 3.63) is 17.3 Å². The average Bonchev–Trinajstić information content (AvgIpc) is 2.61. The number of carbonyl (C=O) groups excluding carboxylic acids is 1. The van der Waals surface area contributed by atoms with Crippen LogP contribution in [-0.4, -0.2) is 17.6 Å². The third-order valence-electron chi connectivity index (χ3n) is 2.27. The molecule has 0 spiro atoms. The summed E-state index contributed by atoms with van der Waals surface area (Å²) in [6.07, 6.45) is 0.727. The van der Waals surface area contributed by atoms with Gasteiger partial charge in [-0.05, 0) is 19.3 Å². The lowest BCUT2D eigenvalue weighted by Gasteiger charge is -2.02. The molecule has 1 rings (SSSR count). The number of carbonyl (C=O) groups is 1. The fourth-order valence-corrected chi connectivity index (χ4v) is 1.50. The third-order valence-corrected chi connectivity index (χ3v) is 2.27. The minimum atomic E-state index is -0.414. The van der Waals surface area contributed by atoms with Crippen molar-refractivity contribution < 1.29 is 13.9 Å². The largest absolute Gasteiger partial charge is 0.460 e. The molecule has 0 N–H and O–H groups in total. The lowest BCUT2D eigenvalue weighted by atomic mass is 10.1. The maximum Gasteiger partial charge on any atom is 0.376 e. The van der Waals surface area contributed by atoms with Crippen molar-refractivity contribution in [3.8, 4) is 0 Å². The molecule has 4 heteroatoms. The van der Waals surface area contributed by atoms with E-state index < -0.39 is 5.97 Å². The van der Waals surface area contributed by atoms with Crippen molar-refractivity contribution >= 4 is 5.97 Å². The monoisotopic (exact) mass is 239 g/mol. The Morgan fingerprint density at radius 3 is 2.47 bits per heavy atom. The second-order valence-electron chi connectivity index (χ2n) is 4.80. The number of hydrogen-bond donors (Lipinski definition) is 0. The number of aromatic nitrogens is 1. The van der Waals surface area contributed by atoms with Crippen LogP contribution < -0.4 is 0 Å². The molecule has 0 aromatic carbocycles. The SMILES string of the molecule is CCOC(=O)c1oc(C(C)C)nc1CC(C)C. The predicted octanol–water partition coefficient (Wildman–Crippen LogP) is 3.17. The summed E-state index contributed by atoms with van der Waals surface area (Å²) in [6.45, 7) is 10.3. The Kier molecular flexibility index (Phi) is 4.73. The van der Waals surface area contributed by atoms with Crippen LogP contribution in [0.15, 0.2) is 4.42 Å². The summed E-state index contributed by atoms with van der Waals surface area (Å²) >= 11 is 0. The zero-order valence-electron chi connectivity index (χ0n) is 11.2. The molecule has 96 valence electrons. The van der Waals surface area contributed by atoms with E-state index in [0.29, 0.717) is 24.1 Å². The van der Waals surface area contributed by atoms with E-state index in [9.17, 15) is 4.79 Å². The van der Waals surface area contributed by atoms with Gasteiger partial charge in [-0.2, -0.15) is 0 Å². The molecule has 0 radical (unpaired) electrons. The molecular formula is C13H21NO3. The molecule has 17 heavy (non-hydrogen) atoms. The molecule has 0 aliphatic carbocycles. The van der Waals surface area contributed by atoms with Gasteiger partial charge in [-0.15, -0.1) is 0 Å². The number of esters is 1. The van der Waals surface area contributed by atoms with Gasteiger partial charge in [0.2, 0.25) is 5.76 Å². The fraction of sp³-hybridized carbons (Fsp3) is 0.692. The third kappa shape index (κ3) is 3.58.